The number of anilines is 2. The van der Waals surface area contributed by atoms with Gasteiger partial charge in [-0.2, -0.15) is 0 Å². The molecule has 0 spiro atoms. The Bertz CT molecular complexity index is 1260. The zero-order valence-electron chi connectivity index (χ0n) is 14.5. The molecule has 5 aromatic rings. The van der Waals surface area contributed by atoms with E-state index in [2.05, 4.69) is 25.4 Å². The van der Waals surface area contributed by atoms with Gasteiger partial charge in [0.25, 0.3) is 0 Å². The van der Waals surface area contributed by atoms with Crippen LogP contribution in [0.15, 0.2) is 67.1 Å². The molecule has 7 nitrogen and oxygen atoms in total. The molecule has 5 rings (SSSR count). The van der Waals surface area contributed by atoms with Gasteiger partial charge in [0.15, 0.2) is 0 Å². The number of aromatic amines is 1. The summed E-state index contributed by atoms with van der Waals surface area (Å²) in [5, 5.41) is 7.92. The number of ether oxygens (including phenoxy) is 1. The van der Waals surface area contributed by atoms with Crippen molar-refractivity contribution in [3.63, 3.8) is 0 Å². The van der Waals surface area contributed by atoms with Crippen LogP contribution in [-0.4, -0.2) is 31.7 Å². The number of fused-ring (bicyclic) bond motifs is 2. The van der Waals surface area contributed by atoms with Crippen LogP contribution in [0, 0.1) is 0 Å². The Kier molecular flexibility index (Phi) is 3.50. The van der Waals surface area contributed by atoms with E-state index in [1.54, 1.807) is 19.6 Å². The molecule has 2 N–H and O–H groups in total. The molecular weight excluding hydrogens is 340 g/mol. The first-order chi connectivity index (χ1) is 13.3. The predicted molar refractivity (Wildman–Crippen MR) is 104 cm³/mol. The SMILES string of the molecule is COc1ccccc1-c1ccc2cnc(Nc3ccc4nc[nH]c4c3)nn12. The van der Waals surface area contributed by atoms with Crippen molar-refractivity contribution >= 4 is 28.2 Å². The molecule has 3 heterocycles. The Labute approximate surface area is 154 Å². The van der Waals surface area contributed by atoms with Gasteiger partial charge in [-0.1, -0.05) is 12.1 Å². The quantitative estimate of drug-likeness (QED) is 0.508. The highest BCUT2D eigenvalue weighted by Gasteiger charge is 2.11. The fourth-order valence-electron chi connectivity index (χ4n) is 3.16. The van der Waals surface area contributed by atoms with Gasteiger partial charge in [0, 0.05) is 11.3 Å². The van der Waals surface area contributed by atoms with Gasteiger partial charge in [-0.05, 0) is 42.5 Å². The van der Waals surface area contributed by atoms with Crippen LogP contribution < -0.4 is 10.1 Å². The van der Waals surface area contributed by atoms with Crippen molar-refractivity contribution in [2.75, 3.05) is 12.4 Å². The van der Waals surface area contributed by atoms with Crippen molar-refractivity contribution in [1.82, 2.24) is 24.6 Å². The monoisotopic (exact) mass is 356 g/mol. The van der Waals surface area contributed by atoms with Gasteiger partial charge in [0.2, 0.25) is 5.95 Å². The van der Waals surface area contributed by atoms with Crippen LogP contribution in [0.3, 0.4) is 0 Å². The zero-order chi connectivity index (χ0) is 18.2. The molecule has 0 aliphatic rings. The maximum absolute atomic E-state index is 5.50. The summed E-state index contributed by atoms with van der Waals surface area (Å²) in [6, 6.07) is 17.8. The average molecular weight is 356 g/mol. The molecule has 0 bridgehead atoms. The van der Waals surface area contributed by atoms with E-state index in [1.165, 1.54) is 0 Å². The number of nitrogens with zero attached hydrogens (tertiary/aromatic N) is 4. The second kappa shape index (κ2) is 6.14. The first kappa shape index (κ1) is 15.4. The maximum atomic E-state index is 5.50. The smallest absolute Gasteiger partial charge is 0.245 e. The number of rotatable bonds is 4. The van der Waals surface area contributed by atoms with Gasteiger partial charge in [0.05, 0.1) is 41.9 Å². The summed E-state index contributed by atoms with van der Waals surface area (Å²) in [4.78, 5) is 11.8. The fraction of sp³-hybridized carbons (Fsp3) is 0.0500. The number of nitrogens with one attached hydrogen (secondary N) is 2. The third-order valence-electron chi connectivity index (χ3n) is 4.46. The van der Waals surface area contributed by atoms with E-state index < -0.39 is 0 Å². The number of hydrogen-bond donors (Lipinski definition) is 2. The second-order valence-corrected chi connectivity index (χ2v) is 6.10. The summed E-state index contributed by atoms with van der Waals surface area (Å²) in [6.45, 7) is 0. The van der Waals surface area contributed by atoms with Crippen LogP contribution in [-0.2, 0) is 0 Å². The minimum atomic E-state index is 0.508. The third kappa shape index (κ3) is 2.65. The highest BCUT2D eigenvalue weighted by molar-refractivity contribution is 5.79. The van der Waals surface area contributed by atoms with Crippen molar-refractivity contribution in [2.45, 2.75) is 0 Å². The number of aromatic nitrogens is 5. The Morgan fingerprint density at radius 3 is 2.89 bits per heavy atom. The summed E-state index contributed by atoms with van der Waals surface area (Å²) in [7, 11) is 1.67. The van der Waals surface area contributed by atoms with Crippen LogP contribution in [0.4, 0.5) is 11.6 Å². The van der Waals surface area contributed by atoms with Crippen LogP contribution in [0.25, 0.3) is 27.8 Å². The molecule has 0 atom stereocenters. The Morgan fingerprint density at radius 2 is 1.96 bits per heavy atom. The summed E-state index contributed by atoms with van der Waals surface area (Å²) < 4.78 is 7.36. The lowest BCUT2D eigenvalue weighted by Crippen LogP contribution is -2.03. The van der Waals surface area contributed by atoms with Crippen LogP contribution in [0.2, 0.25) is 0 Å². The predicted octanol–water partition coefficient (Wildman–Crippen LogP) is 4.02. The van der Waals surface area contributed by atoms with Crippen LogP contribution >= 0.6 is 0 Å². The molecule has 27 heavy (non-hydrogen) atoms. The van der Waals surface area contributed by atoms with Crippen molar-refractivity contribution in [3.05, 3.63) is 67.1 Å². The lowest BCUT2D eigenvalue weighted by atomic mass is 10.1. The van der Waals surface area contributed by atoms with Crippen molar-refractivity contribution in [3.8, 4) is 17.0 Å². The van der Waals surface area contributed by atoms with E-state index in [4.69, 9.17) is 4.74 Å². The number of hydrogen-bond acceptors (Lipinski definition) is 5. The Morgan fingerprint density at radius 1 is 1.04 bits per heavy atom. The molecule has 2 aromatic carbocycles. The molecule has 3 aromatic heterocycles. The normalized spacial score (nSPS) is 11.1. The topological polar surface area (TPSA) is 80.1 Å². The molecule has 0 aliphatic heterocycles. The summed E-state index contributed by atoms with van der Waals surface area (Å²) in [5.74, 6) is 1.31. The first-order valence-electron chi connectivity index (χ1n) is 8.50. The van der Waals surface area contributed by atoms with Crippen molar-refractivity contribution < 1.29 is 4.74 Å². The molecule has 0 saturated heterocycles. The first-order valence-corrected chi connectivity index (χ1v) is 8.50. The molecule has 7 heteroatoms. The maximum Gasteiger partial charge on any atom is 0.245 e. The van der Waals surface area contributed by atoms with Crippen molar-refractivity contribution in [2.24, 2.45) is 0 Å². The zero-order valence-corrected chi connectivity index (χ0v) is 14.5. The van der Waals surface area contributed by atoms with Gasteiger partial charge in [-0.25, -0.2) is 14.5 Å². The molecule has 0 saturated carbocycles. The van der Waals surface area contributed by atoms with E-state index in [0.29, 0.717) is 5.95 Å². The molecule has 0 unspecified atom stereocenters. The summed E-state index contributed by atoms with van der Waals surface area (Å²) >= 11 is 0. The molecular formula is C20H16N6O. The standard InChI is InChI=1S/C20H16N6O/c1-27-19-5-3-2-4-15(19)18-9-7-14-11-21-20(25-26(14)18)24-13-6-8-16-17(10-13)23-12-22-16/h2-12H,1H3,(H,22,23)(H,24,25). The summed E-state index contributed by atoms with van der Waals surface area (Å²) in [6.07, 6.45) is 3.47. The molecule has 132 valence electrons. The fourth-order valence-corrected chi connectivity index (χ4v) is 3.16. The highest BCUT2D eigenvalue weighted by Crippen LogP contribution is 2.30. The van der Waals surface area contributed by atoms with E-state index in [9.17, 15) is 0 Å². The minimum absolute atomic E-state index is 0.508. The average Bonchev–Trinajstić information content (AvgIpc) is 3.34. The van der Waals surface area contributed by atoms with Gasteiger partial charge < -0.3 is 15.0 Å². The van der Waals surface area contributed by atoms with E-state index >= 15 is 0 Å². The van der Waals surface area contributed by atoms with Gasteiger partial charge in [0.1, 0.15) is 5.75 Å². The van der Waals surface area contributed by atoms with E-state index in [1.807, 2.05) is 59.1 Å². The van der Waals surface area contributed by atoms with Crippen molar-refractivity contribution in [1.29, 1.82) is 0 Å². The number of para-hydroxylation sites is 1. The third-order valence-corrected chi connectivity index (χ3v) is 4.46. The number of imidazole rings is 1. The number of H-pyrrole nitrogens is 1. The van der Waals surface area contributed by atoms with E-state index in [0.717, 1.165) is 39.2 Å². The minimum Gasteiger partial charge on any atom is -0.496 e. The molecule has 0 radical (unpaired) electrons. The largest absolute Gasteiger partial charge is 0.496 e. The molecule has 0 amide bonds. The lowest BCUT2D eigenvalue weighted by molar-refractivity contribution is 0.416. The second-order valence-electron chi connectivity index (χ2n) is 6.10. The van der Waals surface area contributed by atoms with E-state index in [-0.39, 0.29) is 0 Å². The summed E-state index contributed by atoms with van der Waals surface area (Å²) in [5.41, 5.74) is 5.58. The molecule has 0 aliphatic carbocycles. The Hall–Kier alpha value is -3.87. The van der Waals surface area contributed by atoms with Gasteiger partial charge >= 0.3 is 0 Å². The van der Waals surface area contributed by atoms with Crippen LogP contribution in [0.5, 0.6) is 5.75 Å². The van der Waals surface area contributed by atoms with Gasteiger partial charge in [-0.3, -0.25) is 0 Å². The Balaban J connectivity index is 1.56. The van der Waals surface area contributed by atoms with Gasteiger partial charge in [-0.15, -0.1) is 5.10 Å². The number of benzene rings is 2. The number of methoxy groups -OCH3 is 1. The lowest BCUT2D eigenvalue weighted by Gasteiger charge is -2.09. The molecule has 0 fully saturated rings. The van der Waals surface area contributed by atoms with Crippen LogP contribution in [0.1, 0.15) is 0 Å². The highest BCUT2D eigenvalue weighted by atomic mass is 16.5.